The number of rotatable bonds is 25. The van der Waals surface area contributed by atoms with Gasteiger partial charge in [0.1, 0.15) is 0 Å². The molecule has 0 radical (unpaired) electrons. The minimum absolute atomic E-state index is 0.000215. The lowest BCUT2D eigenvalue weighted by atomic mass is 9.90. The van der Waals surface area contributed by atoms with Gasteiger partial charge < -0.3 is 27.5 Å². The van der Waals surface area contributed by atoms with Crippen LogP contribution in [0.25, 0.3) is 0 Å². The fourth-order valence-electron chi connectivity index (χ4n) is 7.53. The minimum atomic E-state index is -2.78. The summed E-state index contributed by atoms with van der Waals surface area (Å²) in [6.45, 7) is 46.3. The molecule has 0 amide bonds. The number of hydrogen-bond acceptors (Lipinski definition) is 7. The molecule has 2 aromatic rings. The van der Waals surface area contributed by atoms with Crippen molar-refractivity contribution < 1.29 is 32.3 Å². The van der Waals surface area contributed by atoms with E-state index in [1.807, 2.05) is 24.3 Å². The molecule has 7 nitrogen and oxygen atoms in total. The van der Waals surface area contributed by atoms with Gasteiger partial charge in [0.25, 0.3) is 8.32 Å². The van der Waals surface area contributed by atoms with E-state index in [2.05, 4.69) is 196 Å². The molecule has 0 aromatic heterocycles. The summed E-state index contributed by atoms with van der Waals surface area (Å²) in [4.78, 5) is 11.6. The van der Waals surface area contributed by atoms with Crippen LogP contribution < -0.4 is 10.4 Å². The molecule has 5 atom stereocenters. The molecule has 0 heterocycles. The molecular weight excluding hydrogens is 897 g/mol. The SMILES string of the molecule is CCOC(=O)/C=C/C=C/C=C/C=C/C[C@H](O[Si](C)(C)C(C)(C)C)[C@@H](C)[C@H](O)C[C@@H](C[C@@H](CCO[Si](c1ccccc1)(c1ccccc1)C(C)(C)C)O[Si](C)(C)C(C)(C)C)O[Si](C)(C)C(C)(C)C. The van der Waals surface area contributed by atoms with Crippen LogP contribution in [0.5, 0.6) is 0 Å². The predicted octanol–water partition coefficient (Wildman–Crippen LogP) is 14.1. The van der Waals surface area contributed by atoms with Gasteiger partial charge in [-0.15, -0.1) is 0 Å². The summed E-state index contributed by atoms with van der Waals surface area (Å²) < 4.78 is 34.4. The van der Waals surface area contributed by atoms with Gasteiger partial charge in [-0.3, -0.25) is 0 Å². The van der Waals surface area contributed by atoms with E-state index < -0.39 is 39.4 Å². The Morgan fingerprint density at radius 3 is 1.48 bits per heavy atom. The van der Waals surface area contributed by atoms with E-state index in [9.17, 15) is 9.90 Å². The number of aliphatic hydroxyl groups is 1. The van der Waals surface area contributed by atoms with Crippen LogP contribution in [0, 0.1) is 5.92 Å². The Labute approximate surface area is 414 Å². The highest BCUT2D eigenvalue weighted by molar-refractivity contribution is 6.99. The molecule has 0 saturated heterocycles. The Bertz CT molecular complexity index is 1840. The monoisotopic (exact) mass is 993 g/mol. The number of allylic oxidation sites excluding steroid dienone is 6. The van der Waals surface area contributed by atoms with Crippen LogP contribution in [0.2, 0.25) is 59.4 Å². The number of carbonyl (C=O) groups excluding carboxylic acids is 1. The first-order valence-corrected chi connectivity index (χ1v) is 35.7. The van der Waals surface area contributed by atoms with E-state index in [1.165, 1.54) is 16.4 Å². The van der Waals surface area contributed by atoms with Crippen LogP contribution in [-0.4, -0.2) is 82.0 Å². The zero-order valence-electron chi connectivity index (χ0n) is 45.9. The van der Waals surface area contributed by atoms with Crippen LogP contribution in [0.3, 0.4) is 0 Å². The normalized spacial score (nSPS) is 16.6. The van der Waals surface area contributed by atoms with Gasteiger partial charge in [-0.1, -0.05) is 193 Å². The third-order valence-electron chi connectivity index (χ3n) is 14.8. The number of esters is 1. The van der Waals surface area contributed by atoms with Crippen LogP contribution >= 0.6 is 0 Å². The smallest absolute Gasteiger partial charge is 0.330 e. The first kappa shape index (κ1) is 60.7. The van der Waals surface area contributed by atoms with E-state index in [4.69, 9.17) is 22.4 Å². The molecule has 0 fully saturated rings. The van der Waals surface area contributed by atoms with Crippen LogP contribution in [0.15, 0.2) is 109 Å². The van der Waals surface area contributed by atoms with Gasteiger partial charge in [0.2, 0.25) is 0 Å². The first-order chi connectivity index (χ1) is 30.7. The van der Waals surface area contributed by atoms with E-state index in [1.54, 1.807) is 19.1 Å². The van der Waals surface area contributed by atoms with Crippen molar-refractivity contribution in [1.82, 2.24) is 0 Å². The second-order valence-electron chi connectivity index (χ2n) is 24.2. The Morgan fingerprint density at radius 1 is 0.597 bits per heavy atom. The quantitative estimate of drug-likeness (QED) is 0.0459. The number of hydrogen-bond donors (Lipinski definition) is 1. The first-order valence-electron chi connectivity index (χ1n) is 25.0. The minimum Gasteiger partial charge on any atom is -0.463 e. The van der Waals surface area contributed by atoms with Crippen molar-refractivity contribution in [2.75, 3.05) is 13.2 Å². The molecule has 2 aromatic carbocycles. The average molecular weight is 994 g/mol. The lowest BCUT2D eigenvalue weighted by molar-refractivity contribution is -0.137. The van der Waals surface area contributed by atoms with Crippen LogP contribution in [0.4, 0.5) is 0 Å². The van der Waals surface area contributed by atoms with Crippen LogP contribution in [-0.2, 0) is 27.2 Å². The molecule has 67 heavy (non-hydrogen) atoms. The van der Waals surface area contributed by atoms with Crippen molar-refractivity contribution in [2.24, 2.45) is 5.92 Å². The molecule has 0 aliphatic heterocycles. The molecule has 0 saturated carbocycles. The maximum atomic E-state index is 12.5. The largest absolute Gasteiger partial charge is 0.463 e. The summed E-state index contributed by atoms with van der Waals surface area (Å²) in [6, 6.07) is 21.7. The molecular formula is C56H96O7Si4. The third-order valence-corrected chi connectivity index (χ3v) is 33.4. The van der Waals surface area contributed by atoms with Crippen molar-refractivity contribution >= 4 is 49.6 Å². The topological polar surface area (TPSA) is 83.5 Å². The highest BCUT2D eigenvalue weighted by Crippen LogP contribution is 2.43. The van der Waals surface area contributed by atoms with Crippen molar-refractivity contribution in [2.45, 2.75) is 206 Å². The number of benzene rings is 2. The lowest BCUT2D eigenvalue weighted by Gasteiger charge is -2.45. The summed E-state index contributed by atoms with van der Waals surface area (Å²) in [5, 5.41) is 14.9. The zero-order valence-corrected chi connectivity index (χ0v) is 49.9. The summed E-state index contributed by atoms with van der Waals surface area (Å²) in [5.74, 6) is -0.520. The highest BCUT2D eigenvalue weighted by Gasteiger charge is 2.51. The van der Waals surface area contributed by atoms with Gasteiger partial charge in [0.05, 0.1) is 18.8 Å². The average Bonchev–Trinajstić information content (AvgIpc) is 3.19. The summed E-state index contributed by atoms with van der Waals surface area (Å²) in [7, 11) is -9.57. The van der Waals surface area contributed by atoms with E-state index in [0.29, 0.717) is 38.9 Å². The Morgan fingerprint density at radius 2 is 1.03 bits per heavy atom. The van der Waals surface area contributed by atoms with Crippen molar-refractivity contribution in [3.63, 3.8) is 0 Å². The molecule has 378 valence electrons. The summed E-state index contributed by atoms with van der Waals surface area (Å²) >= 11 is 0. The van der Waals surface area contributed by atoms with Crippen molar-refractivity contribution in [3.05, 3.63) is 109 Å². The molecule has 0 aliphatic carbocycles. The molecule has 0 aliphatic rings. The molecule has 2 rings (SSSR count). The summed E-state index contributed by atoms with van der Waals surface area (Å²) in [5.41, 5.74) is 0. The van der Waals surface area contributed by atoms with Gasteiger partial charge in [0.15, 0.2) is 25.0 Å². The van der Waals surface area contributed by atoms with Gasteiger partial charge in [-0.05, 0) is 102 Å². The van der Waals surface area contributed by atoms with Crippen molar-refractivity contribution in [1.29, 1.82) is 0 Å². The van der Waals surface area contributed by atoms with Gasteiger partial charge in [-0.2, -0.15) is 0 Å². The number of aliphatic hydroxyl groups excluding tert-OH is 1. The molecule has 1 N–H and O–H groups in total. The Kier molecular flexibility index (Phi) is 23.2. The van der Waals surface area contributed by atoms with E-state index in [0.717, 1.165) is 0 Å². The standard InChI is InChI=1S/C56H96O7Si4/c1-21-59-52(58)40-34-26-24-22-23-25-33-39-51(63-66(19,20)55(9,10)11)45(2)50(57)44-47(62-65(17,18)54(6,7)8)43-46(61-64(15,16)53(3,4)5)41-42-60-67(56(12,13)14,48-35-29-27-30-36-48)49-37-31-28-32-38-49/h22-38,40,45-47,50-51,57H,21,39,41-44H2,1-20H3/b23-22+,26-24+,33-25+,40-34+/t45-,46+,47+,50+,51-/m0/s1. The van der Waals surface area contributed by atoms with Gasteiger partial charge in [-0.25, -0.2) is 4.79 Å². The molecule has 0 bridgehead atoms. The second-order valence-corrected chi connectivity index (χ2v) is 42.7. The Hall–Kier alpha value is -2.46. The second kappa shape index (κ2) is 25.6. The maximum Gasteiger partial charge on any atom is 0.330 e. The highest BCUT2D eigenvalue weighted by atomic mass is 28.4. The molecule has 0 spiro atoms. The molecule has 11 heteroatoms. The molecule has 0 unspecified atom stereocenters. The number of ether oxygens (including phenoxy) is 1. The fraction of sp³-hybridized carbons (Fsp3) is 0.625. The van der Waals surface area contributed by atoms with Gasteiger partial charge >= 0.3 is 5.97 Å². The third kappa shape index (κ3) is 18.3. The number of carbonyl (C=O) groups is 1. The van der Waals surface area contributed by atoms with Gasteiger partial charge in [0, 0.05) is 30.8 Å². The fourth-order valence-corrected chi connectivity index (χ4v) is 16.3. The maximum absolute atomic E-state index is 12.5. The van der Waals surface area contributed by atoms with E-state index in [-0.39, 0.29) is 50.4 Å². The summed E-state index contributed by atoms with van der Waals surface area (Å²) in [6.07, 6.45) is 16.1. The van der Waals surface area contributed by atoms with E-state index >= 15 is 0 Å². The Balaban J connectivity index is 2.59. The predicted molar refractivity (Wildman–Crippen MR) is 297 cm³/mol. The lowest BCUT2D eigenvalue weighted by Crippen LogP contribution is -2.66. The zero-order chi connectivity index (χ0) is 51.1. The van der Waals surface area contributed by atoms with Crippen molar-refractivity contribution in [3.8, 4) is 0 Å². The van der Waals surface area contributed by atoms with Crippen LogP contribution in [0.1, 0.15) is 123 Å².